The van der Waals surface area contributed by atoms with Crippen LogP contribution in [0.1, 0.15) is 25.7 Å². The van der Waals surface area contributed by atoms with Crippen molar-refractivity contribution in [3.63, 3.8) is 0 Å². The molecule has 0 radical (unpaired) electrons. The summed E-state index contributed by atoms with van der Waals surface area (Å²) in [5.41, 5.74) is 0.0737. The number of nitrogens with one attached hydrogen (secondary N) is 1. The van der Waals surface area contributed by atoms with E-state index >= 15 is 0 Å². The Morgan fingerprint density at radius 3 is 2.14 bits per heavy atom. The lowest BCUT2D eigenvalue weighted by Gasteiger charge is -2.38. The van der Waals surface area contributed by atoms with Crippen LogP contribution in [0.25, 0.3) is 0 Å². The van der Waals surface area contributed by atoms with Gasteiger partial charge in [0.2, 0.25) is 10.0 Å². The molecule has 1 heterocycles. The van der Waals surface area contributed by atoms with Gasteiger partial charge in [0.1, 0.15) is 0 Å². The maximum absolute atomic E-state index is 12.3. The summed E-state index contributed by atoms with van der Waals surface area (Å²) in [6.07, 6.45) is 5.86. The second-order valence-corrected chi connectivity index (χ2v) is 8.62. The van der Waals surface area contributed by atoms with Crippen LogP contribution in [-0.4, -0.2) is 87.2 Å². The van der Waals surface area contributed by atoms with Gasteiger partial charge in [-0.15, -0.1) is 0 Å². The zero-order valence-corrected chi connectivity index (χ0v) is 14.7. The normalized spacial score (nSPS) is 23.0. The summed E-state index contributed by atoms with van der Waals surface area (Å²) in [6.45, 7) is 2.32. The molecule has 8 heteroatoms. The van der Waals surface area contributed by atoms with Crippen molar-refractivity contribution in [3.8, 4) is 0 Å². The molecule has 0 bridgehead atoms. The van der Waals surface area contributed by atoms with Crippen LogP contribution in [0.15, 0.2) is 0 Å². The molecule has 128 valence electrons. The lowest BCUT2D eigenvalue weighted by atomic mass is 9.96. The third-order valence-electron chi connectivity index (χ3n) is 5.05. The second kappa shape index (κ2) is 6.72. The van der Waals surface area contributed by atoms with Gasteiger partial charge < -0.3 is 15.1 Å². The van der Waals surface area contributed by atoms with Gasteiger partial charge in [-0.2, -0.15) is 4.31 Å². The summed E-state index contributed by atoms with van der Waals surface area (Å²) >= 11 is 0. The number of carbonyl (C=O) groups is 1. The topological polar surface area (TPSA) is 73.0 Å². The molecule has 2 aliphatic rings. The molecule has 0 aromatic carbocycles. The first kappa shape index (κ1) is 17.5. The molecule has 1 N–H and O–H groups in total. The fourth-order valence-electron chi connectivity index (χ4n) is 3.39. The first-order chi connectivity index (χ1) is 10.2. The fraction of sp³-hybridized carbons (Fsp3) is 0.929. The van der Waals surface area contributed by atoms with Gasteiger partial charge in [0.25, 0.3) is 0 Å². The van der Waals surface area contributed by atoms with Crippen LogP contribution >= 0.6 is 0 Å². The summed E-state index contributed by atoms with van der Waals surface area (Å²) in [7, 11) is 0.990. The number of sulfonamides is 1. The van der Waals surface area contributed by atoms with Crippen LogP contribution in [0.5, 0.6) is 0 Å². The van der Waals surface area contributed by atoms with Crippen LogP contribution in [0, 0.1) is 0 Å². The van der Waals surface area contributed by atoms with E-state index in [9.17, 15) is 13.2 Å². The minimum Gasteiger partial charge on any atom is -0.336 e. The molecule has 1 saturated carbocycles. The Kier molecular flexibility index (Phi) is 5.34. The third-order valence-corrected chi connectivity index (χ3v) is 6.35. The molecule has 7 nitrogen and oxygen atoms in total. The molecule has 0 aromatic heterocycles. The van der Waals surface area contributed by atoms with Gasteiger partial charge >= 0.3 is 6.03 Å². The predicted octanol–water partition coefficient (Wildman–Crippen LogP) is 0.148. The molecule has 2 fully saturated rings. The highest BCUT2D eigenvalue weighted by molar-refractivity contribution is 7.88. The Morgan fingerprint density at radius 1 is 1.14 bits per heavy atom. The fourth-order valence-corrected chi connectivity index (χ4v) is 4.22. The highest BCUT2D eigenvalue weighted by Gasteiger charge is 2.36. The molecule has 1 saturated heterocycles. The average Bonchev–Trinajstić information content (AvgIpc) is 2.94. The molecule has 0 unspecified atom stereocenters. The van der Waals surface area contributed by atoms with Crippen molar-refractivity contribution < 1.29 is 13.2 Å². The summed E-state index contributed by atoms with van der Waals surface area (Å²) in [5, 5.41) is 3.05. The Morgan fingerprint density at radius 2 is 1.68 bits per heavy atom. The maximum Gasteiger partial charge on any atom is 0.317 e. The highest BCUT2D eigenvalue weighted by atomic mass is 32.2. The van der Waals surface area contributed by atoms with E-state index < -0.39 is 10.0 Å². The quantitative estimate of drug-likeness (QED) is 0.795. The zero-order chi connectivity index (χ0) is 16.4. The average molecular weight is 332 g/mol. The lowest BCUT2D eigenvalue weighted by Crippen LogP contribution is -2.56. The number of rotatable bonds is 4. The highest BCUT2D eigenvalue weighted by Crippen LogP contribution is 2.33. The van der Waals surface area contributed by atoms with Gasteiger partial charge in [-0.05, 0) is 26.9 Å². The third kappa shape index (κ3) is 3.91. The van der Waals surface area contributed by atoms with Gasteiger partial charge in [-0.25, -0.2) is 13.2 Å². The number of urea groups is 1. The van der Waals surface area contributed by atoms with Crippen molar-refractivity contribution in [1.29, 1.82) is 0 Å². The Hall–Kier alpha value is -0.860. The molecule has 1 aliphatic heterocycles. The minimum absolute atomic E-state index is 0.0737. The molecule has 1 aliphatic carbocycles. The number of hydrogen-bond donors (Lipinski definition) is 1. The number of amides is 2. The van der Waals surface area contributed by atoms with Gasteiger partial charge in [-0.3, -0.25) is 0 Å². The van der Waals surface area contributed by atoms with Crippen molar-refractivity contribution >= 4 is 16.1 Å². The molecule has 0 aromatic rings. The van der Waals surface area contributed by atoms with Gasteiger partial charge in [0.15, 0.2) is 0 Å². The van der Waals surface area contributed by atoms with E-state index in [-0.39, 0.29) is 11.6 Å². The minimum atomic E-state index is -3.15. The first-order valence-electron chi connectivity index (χ1n) is 7.90. The van der Waals surface area contributed by atoms with Crippen LogP contribution in [0.3, 0.4) is 0 Å². The molecule has 2 rings (SSSR count). The van der Waals surface area contributed by atoms with Crippen molar-refractivity contribution in [3.05, 3.63) is 0 Å². The molecule has 0 atom stereocenters. The molecular weight excluding hydrogens is 304 g/mol. The number of nitrogens with zero attached hydrogens (tertiary/aromatic N) is 3. The second-order valence-electron chi connectivity index (χ2n) is 6.63. The zero-order valence-electron chi connectivity index (χ0n) is 13.8. The lowest BCUT2D eigenvalue weighted by molar-refractivity contribution is 0.140. The van der Waals surface area contributed by atoms with Crippen molar-refractivity contribution in [2.45, 2.75) is 31.2 Å². The van der Waals surface area contributed by atoms with E-state index in [2.05, 4.69) is 24.3 Å². The van der Waals surface area contributed by atoms with Crippen LogP contribution in [-0.2, 0) is 10.0 Å². The molecule has 22 heavy (non-hydrogen) atoms. The number of carbonyl (C=O) groups excluding carboxylic acids is 1. The van der Waals surface area contributed by atoms with E-state index in [1.54, 1.807) is 4.90 Å². The number of piperazine rings is 1. The number of likely N-dealkylation sites (N-methyl/N-ethyl adjacent to an activating group) is 1. The van der Waals surface area contributed by atoms with E-state index in [0.29, 0.717) is 32.7 Å². The van der Waals surface area contributed by atoms with Crippen molar-refractivity contribution in [2.75, 3.05) is 53.1 Å². The molecular formula is C14H28N4O3S. The standard InChI is InChI=1S/C14H28N4O3S/c1-16(2)14(6-4-5-7-14)12-15-13(19)17-8-10-18(11-9-17)22(3,20)21/h4-12H2,1-3H3,(H,15,19). The Labute approximate surface area is 133 Å². The van der Waals surface area contributed by atoms with Crippen LogP contribution < -0.4 is 5.32 Å². The van der Waals surface area contributed by atoms with Crippen molar-refractivity contribution in [1.82, 2.24) is 19.4 Å². The van der Waals surface area contributed by atoms with E-state index in [4.69, 9.17) is 0 Å². The number of hydrogen-bond acceptors (Lipinski definition) is 4. The molecule has 2 amide bonds. The maximum atomic E-state index is 12.3. The summed E-state index contributed by atoms with van der Waals surface area (Å²) < 4.78 is 24.4. The van der Waals surface area contributed by atoms with Crippen LogP contribution in [0.2, 0.25) is 0 Å². The summed E-state index contributed by atoms with van der Waals surface area (Å²) in [6, 6.07) is -0.0822. The predicted molar refractivity (Wildman–Crippen MR) is 86.3 cm³/mol. The van der Waals surface area contributed by atoms with Gasteiger partial charge in [0, 0.05) is 38.3 Å². The van der Waals surface area contributed by atoms with Gasteiger partial charge in [0.05, 0.1) is 6.26 Å². The van der Waals surface area contributed by atoms with Crippen molar-refractivity contribution in [2.24, 2.45) is 0 Å². The van der Waals surface area contributed by atoms with E-state index in [1.165, 1.54) is 23.4 Å². The summed E-state index contributed by atoms with van der Waals surface area (Å²) in [4.78, 5) is 16.2. The molecule has 0 spiro atoms. The van der Waals surface area contributed by atoms with Gasteiger partial charge in [-0.1, -0.05) is 12.8 Å². The van der Waals surface area contributed by atoms with Crippen LogP contribution in [0.4, 0.5) is 4.79 Å². The SMILES string of the molecule is CN(C)C1(CNC(=O)N2CCN(S(C)(=O)=O)CC2)CCCC1. The monoisotopic (exact) mass is 332 g/mol. The summed E-state index contributed by atoms with van der Waals surface area (Å²) in [5.74, 6) is 0. The Bertz CT molecular complexity index is 492. The smallest absolute Gasteiger partial charge is 0.317 e. The van der Waals surface area contributed by atoms with E-state index in [0.717, 1.165) is 12.8 Å². The van der Waals surface area contributed by atoms with E-state index in [1.807, 2.05) is 0 Å². The first-order valence-corrected chi connectivity index (χ1v) is 9.75. The Balaban J connectivity index is 1.84. The largest absolute Gasteiger partial charge is 0.336 e.